The number of hydrogen-bond donors (Lipinski definition) is 1. The summed E-state index contributed by atoms with van der Waals surface area (Å²) in [5, 5.41) is 4.80. The van der Waals surface area contributed by atoms with Gasteiger partial charge in [-0.1, -0.05) is 6.07 Å². The monoisotopic (exact) mass is 440 g/mol. The highest BCUT2D eigenvalue weighted by atomic mass is 32.2. The lowest BCUT2D eigenvalue weighted by atomic mass is 9.95. The van der Waals surface area contributed by atoms with E-state index in [1.54, 1.807) is 24.4 Å². The number of rotatable bonds is 8. The summed E-state index contributed by atoms with van der Waals surface area (Å²) in [6, 6.07) is 10.8. The quantitative estimate of drug-likeness (QED) is 0.579. The number of nitrogens with zero attached hydrogens (tertiary/aromatic N) is 3. The number of ether oxygens (including phenoxy) is 1. The molecule has 0 amide bonds. The topological polar surface area (TPSA) is 86.1 Å². The lowest BCUT2D eigenvalue weighted by molar-refractivity contribution is 0.337. The number of pyridine rings is 1. The van der Waals surface area contributed by atoms with Gasteiger partial charge in [0.2, 0.25) is 10.0 Å². The average Bonchev–Trinajstić information content (AvgIpc) is 3.14. The fourth-order valence-corrected chi connectivity index (χ4v) is 5.15. The zero-order valence-electron chi connectivity index (χ0n) is 18.0. The number of fused-ring (bicyclic) bond motifs is 1. The molecule has 0 fully saturated rings. The minimum atomic E-state index is -3.61. The molecule has 8 heteroatoms. The van der Waals surface area contributed by atoms with Crippen LogP contribution < -0.4 is 9.46 Å². The maximum Gasteiger partial charge on any atom is 0.240 e. The molecule has 0 saturated carbocycles. The fraction of sp³-hybridized carbons (Fsp3) is 0.391. The Bertz CT molecular complexity index is 1160. The van der Waals surface area contributed by atoms with Crippen LogP contribution in [0.3, 0.4) is 0 Å². The molecule has 0 radical (unpaired) electrons. The van der Waals surface area contributed by atoms with Gasteiger partial charge >= 0.3 is 0 Å². The molecule has 1 N–H and O–H groups in total. The van der Waals surface area contributed by atoms with E-state index in [1.165, 1.54) is 11.3 Å². The Morgan fingerprint density at radius 3 is 2.74 bits per heavy atom. The molecule has 1 aliphatic carbocycles. The number of aromatic nitrogens is 3. The van der Waals surface area contributed by atoms with E-state index in [-0.39, 0.29) is 11.4 Å². The smallest absolute Gasteiger partial charge is 0.240 e. The largest absolute Gasteiger partial charge is 0.494 e. The van der Waals surface area contributed by atoms with E-state index < -0.39 is 10.0 Å². The molecule has 0 bridgehead atoms. The summed E-state index contributed by atoms with van der Waals surface area (Å²) in [7, 11) is -3.61. The molecular formula is C23H28N4O3S. The summed E-state index contributed by atoms with van der Waals surface area (Å²) < 4.78 is 35.7. The minimum Gasteiger partial charge on any atom is -0.494 e. The Labute approximate surface area is 183 Å². The van der Waals surface area contributed by atoms with E-state index >= 15 is 0 Å². The summed E-state index contributed by atoms with van der Waals surface area (Å²) >= 11 is 0. The summed E-state index contributed by atoms with van der Waals surface area (Å²) in [5.41, 5.74) is 5.02. The van der Waals surface area contributed by atoms with Crippen molar-refractivity contribution in [2.75, 3.05) is 13.2 Å². The van der Waals surface area contributed by atoms with Crippen molar-refractivity contribution in [3.8, 4) is 17.1 Å². The van der Waals surface area contributed by atoms with E-state index in [0.717, 1.165) is 42.6 Å². The normalized spacial score (nSPS) is 13.7. The molecule has 4 rings (SSSR count). The van der Waals surface area contributed by atoms with Gasteiger partial charge in [0.25, 0.3) is 0 Å². The maximum atomic E-state index is 12.8. The zero-order valence-corrected chi connectivity index (χ0v) is 18.8. The molecule has 164 valence electrons. The van der Waals surface area contributed by atoms with E-state index in [0.29, 0.717) is 18.9 Å². The number of sulfonamides is 1. The highest BCUT2D eigenvalue weighted by molar-refractivity contribution is 7.89. The van der Waals surface area contributed by atoms with Crippen molar-refractivity contribution in [3.05, 3.63) is 59.4 Å². The SMILES string of the molecule is CCOc1ccc(S(=O)(=O)NCCn2nc(-c3ccccn3)c3c2CCCC3)cc1C. The first-order chi connectivity index (χ1) is 15.0. The van der Waals surface area contributed by atoms with Gasteiger partial charge in [0, 0.05) is 24.0 Å². The molecule has 1 aliphatic rings. The van der Waals surface area contributed by atoms with E-state index in [4.69, 9.17) is 9.84 Å². The fourth-order valence-electron chi connectivity index (χ4n) is 4.04. The molecule has 2 aromatic heterocycles. The molecule has 0 unspecified atom stereocenters. The van der Waals surface area contributed by atoms with Gasteiger partial charge < -0.3 is 4.74 Å². The van der Waals surface area contributed by atoms with Gasteiger partial charge in [-0.05, 0) is 75.4 Å². The number of hydrogen-bond acceptors (Lipinski definition) is 5. The Morgan fingerprint density at radius 2 is 2.00 bits per heavy atom. The van der Waals surface area contributed by atoms with Crippen molar-refractivity contribution in [2.24, 2.45) is 0 Å². The summed E-state index contributed by atoms with van der Waals surface area (Å²) in [5.74, 6) is 0.701. The van der Waals surface area contributed by atoms with Crippen LogP contribution in [0.5, 0.6) is 5.75 Å². The van der Waals surface area contributed by atoms with Crippen LogP contribution >= 0.6 is 0 Å². The molecule has 31 heavy (non-hydrogen) atoms. The van der Waals surface area contributed by atoms with Crippen LogP contribution in [0.25, 0.3) is 11.4 Å². The average molecular weight is 441 g/mol. The van der Waals surface area contributed by atoms with Crippen molar-refractivity contribution in [1.82, 2.24) is 19.5 Å². The lowest BCUT2D eigenvalue weighted by Crippen LogP contribution is -2.28. The van der Waals surface area contributed by atoms with Crippen molar-refractivity contribution in [1.29, 1.82) is 0 Å². The highest BCUT2D eigenvalue weighted by Gasteiger charge is 2.23. The van der Waals surface area contributed by atoms with E-state index in [2.05, 4.69) is 9.71 Å². The number of nitrogens with one attached hydrogen (secondary N) is 1. The first kappa shape index (κ1) is 21.5. The Hall–Kier alpha value is -2.71. The number of benzene rings is 1. The van der Waals surface area contributed by atoms with Gasteiger partial charge in [-0.3, -0.25) is 9.67 Å². The van der Waals surface area contributed by atoms with Crippen LogP contribution in [0.4, 0.5) is 0 Å². The van der Waals surface area contributed by atoms with Crippen LogP contribution in [-0.2, 0) is 29.4 Å². The summed E-state index contributed by atoms with van der Waals surface area (Å²) in [4.78, 5) is 4.70. The standard InChI is InChI=1S/C23H28N4O3S/c1-3-30-22-12-11-18(16-17(22)2)31(28,29)25-14-15-27-21-10-5-4-8-19(21)23(26-27)20-9-6-7-13-24-20/h6-7,9,11-13,16,25H,3-5,8,10,14-15H2,1-2H3. The van der Waals surface area contributed by atoms with Crippen LogP contribution in [0, 0.1) is 6.92 Å². The molecule has 0 saturated heterocycles. The Kier molecular flexibility index (Phi) is 6.38. The summed E-state index contributed by atoms with van der Waals surface area (Å²) in [6.45, 7) is 5.03. The first-order valence-electron chi connectivity index (χ1n) is 10.7. The zero-order chi connectivity index (χ0) is 21.8. The molecule has 0 aliphatic heterocycles. The van der Waals surface area contributed by atoms with Gasteiger partial charge in [-0.25, -0.2) is 13.1 Å². The van der Waals surface area contributed by atoms with Gasteiger partial charge in [0.15, 0.2) is 0 Å². The predicted octanol–water partition coefficient (Wildman–Crippen LogP) is 3.51. The van der Waals surface area contributed by atoms with Gasteiger partial charge in [-0.15, -0.1) is 0 Å². The lowest BCUT2D eigenvalue weighted by Gasteiger charge is -2.15. The first-order valence-corrected chi connectivity index (χ1v) is 12.2. The van der Waals surface area contributed by atoms with Crippen LogP contribution in [0.1, 0.15) is 36.6 Å². The van der Waals surface area contributed by atoms with Gasteiger partial charge in [0.1, 0.15) is 11.4 Å². The van der Waals surface area contributed by atoms with Crippen LogP contribution in [-0.4, -0.2) is 36.3 Å². The second kappa shape index (κ2) is 9.20. The second-order valence-electron chi connectivity index (χ2n) is 7.68. The third-order valence-corrected chi connectivity index (χ3v) is 7.00. The van der Waals surface area contributed by atoms with Crippen molar-refractivity contribution in [3.63, 3.8) is 0 Å². The third kappa shape index (κ3) is 4.65. The maximum absolute atomic E-state index is 12.8. The molecule has 0 spiro atoms. The van der Waals surface area contributed by atoms with Crippen molar-refractivity contribution in [2.45, 2.75) is 51.0 Å². The number of aryl methyl sites for hydroxylation is 1. The molecule has 7 nitrogen and oxygen atoms in total. The highest BCUT2D eigenvalue weighted by Crippen LogP contribution is 2.30. The second-order valence-corrected chi connectivity index (χ2v) is 9.44. The van der Waals surface area contributed by atoms with Crippen molar-refractivity contribution >= 4 is 10.0 Å². The third-order valence-electron chi connectivity index (χ3n) is 5.54. The van der Waals surface area contributed by atoms with Crippen LogP contribution in [0.2, 0.25) is 0 Å². The molecule has 2 heterocycles. The summed E-state index contributed by atoms with van der Waals surface area (Å²) in [6.07, 6.45) is 5.98. The molecule has 0 atom stereocenters. The van der Waals surface area contributed by atoms with E-state index in [9.17, 15) is 8.42 Å². The minimum absolute atomic E-state index is 0.241. The van der Waals surface area contributed by atoms with Gasteiger partial charge in [-0.2, -0.15) is 5.10 Å². The van der Waals surface area contributed by atoms with Crippen LogP contribution in [0.15, 0.2) is 47.5 Å². The van der Waals surface area contributed by atoms with E-state index in [1.807, 2.05) is 36.7 Å². The van der Waals surface area contributed by atoms with Gasteiger partial charge in [0.05, 0.1) is 23.7 Å². The Balaban J connectivity index is 1.50. The predicted molar refractivity (Wildman–Crippen MR) is 120 cm³/mol. The Morgan fingerprint density at radius 1 is 1.16 bits per heavy atom. The molecular weight excluding hydrogens is 412 g/mol. The molecule has 1 aromatic carbocycles. The van der Waals surface area contributed by atoms with Crippen molar-refractivity contribution < 1.29 is 13.2 Å². The molecule has 3 aromatic rings.